The molecule has 2 aromatic heterocycles. The average molecular weight is 593 g/mol. The molecule has 0 radical (unpaired) electrons. The SMILES string of the molecule is c1ccc(-n2ccc3c4cc5c(cc4ccc32)c2ccccc2n5-c2ccc(P(c3ccccc3)c3ccccc3)cc2)cc1. The highest BCUT2D eigenvalue weighted by Crippen LogP contribution is 2.38. The van der Waals surface area contributed by atoms with Gasteiger partial charge < -0.3 is 9.13 Å². The molecule has 9 rings (SSSR count). The Morgan fingerprint density at radius 2 is 0.956 bits per heavy atom. The molecule has 0 aliphatic carbocycles. The molecule has 9 aromatic rings. The molecule has 0 fully saturated rings. The van der Waals surface area contributed by atoms with Crippen molar-refractivity contribution in [1.29, 1.82) is 0 Å². The van der Waals surface area contributed by atoms with Gasteiger partial charge in [-0.05, 0) is 89.2 Å². The van der Waals surface area contributed by atoms with Crippen LogP contribution in [-0.2, 0) is 0 Å². The van der Waals surface area contributed by atoms with Crippen LogP contribution in [-0.4, -0.2) is 9.13 Å². The van der Waals surface area contributed by atoms with Crippen molar-refractivity contribution in [2.75, 3.05) is 0 Å². The summed E-state index contributed by atoms with van der Waals surface area (Å²) in [6.07, 6.45) is 2.19. The Bertz CT molecular complexity index is 2420. The van der Waals surface area contributed by atoms with Gasteiger partial charge in [-0.3, -0.25) is 0 Å². The maximum Gasteiger partial charge on any atom is 0.0547 e. The predicted molar refractivity (Wildman–Crippen MR) is 194 cm³/mol. The maximum atomic E-state index is 2.44. The average Bonchev–Trinajstić information content (AvgIpc) is 3.69. The lowest BCUT2D eigenvalue weighted by Gasteiger charge is -2.20. The van der Waals surface area contributed by atoms with Gasteiger partial charge in [-0.1, -0.05) is 115 Å². The van der Waals surface area contributed by atoms with Crippen molar-refractivity contribution in [3.63, 3.8) is 0 Å². The van der Waals surface area contributed by atoms with Gasteiger partial charge in [0.1, 0.15) is 0 Å². The van der Waals surface area contributed by atoms with Gasteiger partial charge in [-0.2, -0.15) is 0 Å². The molecule has 0 aliphatic heterocycles. The molecule has 0 saturated heterocycles. The van der Waals surface area contributed by atoms with Crippen molar-refractivity contribution in [2.45, 2.75) is 0 Å². The van der Waals surface area contributed by atoms with Crippen molar-refractivity contribution in [3.05, 3.63) is 176 Å². The van der Waals surface area contributed by atoms with Gasteiger partial charge in [0.15, 0.2) is 0 Å². The van der Waals surface area contributed by atoms with Gasteiger partial charge in [0.2, 0.25) is 0 Å². The van der Waals surface area contributed by atoms with Crippen molar-refractivity contribution < 1.29 is 0 Å². The highest BCUT2D eigenvalue weighted by molar-refractivity contribution is 7.79. The lowest BCUT2D eigenvalue weighted by atomic mass is 10.0. The number of nitrogens with zero attached hydrogens (tertiary/aromatic N) is 2. The third-order valence-electron chi connectivity index (χ3n) is 8.91. The number of hydrogen-bond donors (Lipinski definition) is 0. The van der Waals surface area contributed by atoms with E-state index in [0.717, 1.165) is 0 Å². The van der Waals surface area contributed by atoms with E-state index in [0.29, 0.717) is 0 Å². The number of hydrogen-bond acceptors (Lipinski definition) is 0. The first-order valence-electron chi connectivity index (χ1n) is 15.4. The second-order valence-corrected chi connectivity index (χ2v) is 13.7. The summed E-state index contributed by atoms with van der Waals surface area (Å²) >= 11 is 0. The van der Waals surface area contributed by atoms with Gasteiger partial charge in [0.05, 0.1) is 16.6 Å². The van der Waals surface area contributed by atoms with Gasteiger partial charge in [-0.25, -0.2) is 0 Å². The summed E-state index contributed by atoms with van der Waals surface area (Å²) in [5, 5.41) is 10.4. The van der Waals surface area contributed by atoms with E-state index in [9.17, 15) is 0 Å². The Labute approximate surface area is 263 Å². The first-order chi connectivity index (χ1) is 22.3. The van der Waals surface area contributed by atoms with Crippen LogP contribution in [0.2, 0.25) is 0 Å². The minimum absolute atomic E-state index is 0.657. The van der Waals surface area contributed by atoms with Crippen LogP contribution in [0.5, 0.6) is 0 Å². The smallest absolute Gasteiger partial charge is 0.0547 e. The fourth-order valence-electron chi connectivity index (χ4n) is 6.86. The Hall–Kier alpha value is -5.43. The molecule has 0 bridgehead atoms. The standard InChI is InChI=1S/C42H29N2P/c1-4-12-31(13-5-1)43-27-26-37-38-29-42-39(28-30(38)20-25-40(37)43)36-18-10-11-19-41(36)44(42)32-21-23-35(24-22-32)45(33-14-6-2-7-15-33)34-16-8-3-9-17-34/h1-29H. The molecule has 212 valence electrons. The minimum Gasteiger partial charge on any atom is -0.317 e. The molecule has 0 spiro atoms. The second kappa shape index (κ2) is 10.6. The summed E-state index contributed by atoms with van der Waals surface area (Å²) in [4.78, 5) is 0. The van der Waals surface area contributed by atoms with Crippen molar-refractivity contribution in [3.8, 4) is 11.4 Å². The van der Waals surface area contributed by atoms with E-state index in [1.807, 2.05) is 0 Å². The number of aromatic nitrogens is 2. The van der Waals surface area contributed by atoms with Crippen LogP contribution in [0, 0.1) is 0 Å². The van der Waals surface area contributed by atoms with Crippen LogP contribution >= 0.6 is 7.92 Å². The van der Waals surface area contributed by atoms with E-state index >= 15 is 0 Å². The van der Waals surface area contributed by atoms with Crippen LogP contribution in [0.1, 0.15) is 0 Å². The molecule has 45 heavy (non-hydrogen) atoms. The lowest BCUT2D eigenvalue weighted by Crippen LogP contribution is -2.20. The molecule has 2 heterocycles. The van der Waals surface area contributed by atoms with E-state index in [2.05, 4.69) is 185 Å². The summed E-state index contributed by atoms with van der Waals surface area (Å²) in [7, 11) is -0.657. The van der Waals surface area contributed by atoms with Gasteiger partial charge in [0, 0.05) is 33.7 Å². The largest absolute Gasteiger partial charge is 0.317 e. The number of benzene rings is 7. The molecule has 0 unspecified atom stereocenters. The molecule has 3 heteroatoms. The highest BCUT2D eigenvalue weighted by atomic mass is 31.1. The number of fused-ring (bicyclic) bond motifs is 6. The summed E-state index contributed by atoms with van der Waals surface area (Å²) < 4.78 is 4.72. The van der Waals surface area contributed by atoms with Gasteiger partial charge in [0.25, 0.3) is 0 Å². The zero-order valence-corrected chi connectivity index (χ0v) is 25.5. The number of para-hydroxylation sites is 2. The van der Waals surface area contributed by atoms with Gasteiger partial charge >= 0.3 is 0 Å². The third kappa shape index (κ3) is 4.30. The van der Waals surface area contributed by atoms with Crippen LogP contribution in [0.15, 0.2) is 176 Å². The lowest BCUT2D eigenvalue weighted by molar-refractivity contribution is 1.13. The van der Waals surface area contributed by atoms with Crippen LogP contribution in [0.4, 0.5) is 0 Å². The van der Waals surface area contributed by atoms with Crippen LogP contribution in [0.3, 0.4) is 0 Å². The molecular weight excluding hydrogens is 563 g/mol. The van der Waals surface area contributed by atoms with E-state index < -0.39 is 7.92 Å². The first-order valence-corrected chi connectivity index (χ1v) is 16.7. The molecule has 0 amide bonds. The molecule has 7 aromatic carbocycles. The number of rotatable bonds is 5. The topological polar surface area (TPSA) is 9.86 Å². The van der Waals surface area contributed by atoms with Crippen molar-refractivity contribution in [2.24, 2.45) is 0 Å². The summed E-state index contributed by atoms with van der Waals surface area (Å²) in [5.41, 5.74) is 6.02. The zero-order valence-electron chi connectivity index (χ0n) is 24.6. The molecule has 2 nitrogen and oxygen atoms in total. The summed E-state index contributed by atoms with van der Waals surface area (Å²) in [6.45, 7) is 0. The van der Waals surface area contributed by atoms with Crippen molar-refractivity contribution >= 4 is 67.3 Å². The second-order valence-electron chi connectivity index (χ2n) is 11.5. The predicted octanol–water partition coefficient (Wildman–Crippen LogP) is 9.64. The molecule has 0 atom stereocenters. The monoisotopic (exact) mass is 592 g/mol. The minimum atomic E-state index is -0.657. The fourth-order valence-corrected chi connectivity index (χ4v) is 9.14. The zero-order chi connectivity index (χ0) is 29.7. The van der Waals surface area contributed by atoms with Crippen molar-refractivity contribution in [1.82, 2.24) is 9.13 Å². The Kier molecular flexibility index (Phi) is 6.14. The van der Waals surface area contributed by atoms with Crippen LogP contribution < -0.4 is 15.9 Å². The summed E-state index contributed by atoms with van der Waals surface area (Å²) in [6, 6.07) is 62.0. The first kappa shape index (κ1) is 26.0. The fraction of sp³-hybridized carbons (Fsp3) is 0. The Morgan fingerprint density at radius 3 is 1.67 bits per heavy atom. The molecular formula is C42H29N2P. The van der Waals surface area contributed by atoms with E-state index in [1.165, 1.54) is 70.8 Å². The third-order valence-corrected chi connectivity index (χ3v) is 11.4. The molecule has 0 aliphatic rings. The molecule has 0 saturated carbocycles. The highest BCUT2D eigenvalue weighted by Gasteiger charge is 2.18. The Balaban J connectivity index is 1.23. The normalized spacial score (nSPS) is 11.8. The van der Waals surface area contributed by atoms with E-state index in [4.69, 9.17) is 0 Å². The summed E-state index contributed by atoms with van der Waals surface area (Å²) in [5.74, 6) is 0. The quantitative estimate of drug-likeness (QED) is 0.176. The van der Waals surface area contributed by atoms with E-state index in [1.54, 1.807) is 0 Å². The van der Waals surface area contributed by atoms with Gasteiger partial charge in [-0.15, -0.1) is 0 Å². The van der Waals surface area contributed by atoms with E-state index in [-0.39, 0.29) is 0 Å². The molecule has 0 N–H and O–H groups in total. The Morgan fingerprint density at radius 1 is 0.356 bits per heavy atom. The van der Waals surface area contributed by atoms with Crippen LogP contribution in [0.25, 0.3) is 54.9 Å². The maximum absolute atomic E-state index is 2.44.